The van der Waals surface area contributed by atoms with Crippen LogP contribution in [0.5, 0.6) is 0 Å². The molecule has 0 atom stereocenters. The van der Waals surface area contributed by atoms with Crippen molar-refractivity contribution in [3.05, 3.63) is 64.2 Å². The third-order valence-electron chi connectivity index (χ3n) is 4.75. The summed E-state index contributed by atoms with van der Waals surface area (Å²) in [5.41, 5.74) is 2.14. The predicted octanol–water partition coefficient (Wildman–Crippen LogP) is 3.05. The van der Waals surface area contributed by atoms with Gasteiger partial charge in [0.25, 0.3) is 0 Å². The Labute approximate surface area is 143 Å². The van der Waals surface area contributed by atoms with Crippen LogP contribution in [0.4, 0.5) is 0 Å². The van der Waals surface area contributed by atoms with E-state index in [-0.39, 0.29) is 5.97 Å². The Morgan fingerprint density at radius 2 is 1.92 bits per heavy atom. The zero-order valence-electron chi connectivity index (χ0n) is 13.6. The van der Waals surface area contributed by atoms with Crippen LogP contribution in [-0.2, 0) is 9.53 Å². The van der Waals surface area contributed by atoms with Gasteiger partial charge in [-0.25, -0.2) is 0 Å². The van der Waals surface area contributed by atoms with Gasteiger partial charge in [0.05, 0.1) is 11.6 Å². The topological polar surface area (TPSA) is 51.0 Å². The average Bonchev–Trinajstić information content (AvgIpc) is 3.26. The molecule has 0 saturated heterocycles. The zero-order chi connectivity index (χ0) is 17.0. The van der Waals surface area contributed by atoms with E-state index in [1.165, 1.54) is 10.8 Å². The Hall–Kier alpha value is -3.27. The first-order valence-corrected chi connectivity index (χ1v) is 8.28. The number of carbonyl (C=O) groups excluding carboxylic acids is 1. The van der Waals surface area contributed by atoms with Crippen LogP contribution in [0.25, 0.3) is 33.4 Å². The molecule has 1 aliphatic heterocycles. The van der Waals surface area contributed by atoms with E-state index in [0.717, 1.165) is 32.5 Å². The van der Waals surface area contributed by atoms with E-state index >= 15 is 0 Å². The number of nitrogens with zero attached hydrogens (tertiary/aromatic N) is 2. The van der Waals surface area contributed by atoms with Gasteiger partial charge in [0, 0.05) is 17.2 Å². The van der Waals surface area contributed by atoms with Gasteiger partial charge in [-0.2, -0.15) is 10.2 Å². The number of ether oxygens (including phenoxy) is 1. The summed E-state index contributed by atoms with van der Waals surface area (Å²) in [5, 5.41) is 14.7. The van der Waals surface area contributed by atoms with E-state index in [2.05, 4.69) is 40.5 Å². The molecule has 4 nitrogen and oxygen atoms in total. The van der Waals surface area contributed by atoms with Gasteiger partial charge in [-0.1, -0.05) is 25.1 Å². The van der Waals surface area contributed by atoms with Crippen molar-refractivity contribution >= 4 is 45.6 Å². The SMILES string of the molecule is CCC(=O)OC1=c2ccc3c(ccc4cc5c(cc43)C=NN=5)c2C=C1. The first-order chi connectivity index (χ1) is 12.2. The summed E-state index contributed by atoms with van der Waals surface area (Å²) in [5.74, 6) is 0.411. The Kier molecular flexibility index (Phi) is 2.88. The molecule has 0 saturated carbocycles. The second-order valence-electron chi connectivity index (χ2n) is 6.19. The Morgan fingerprint density at radius 3 is 2.80 bits per heavy atom. The molecular formula is C21H14N2O2. The van der Waals surface area contributed by atoms with Gasteiger partial charge in [-0.15, -0.1) is 0 Å². The number of hydrogen-bond donors (Lipinski definition) is 0. The highest BCUT2D eigenvalue weighted by Crippen LogP contribution is 2.29. The van der Waals surface area contributed by atoms with Gasteiger partial charge in [-0.05, 0) is 57.5 Å². The normalized spacial score (nSPS) is 14.0. The van der Waals surface area contributed by atoms with Gasteiger partial charge in [0.15, 0.2) is 0 Å². The van der Waals surface area contributed by atoms with Gasteiger partial charge in [0.1, 0.15) is 5.76 Å². The van der Waals surface area contributed by atoms with Crippen LogP contribution in [0.1, 0.15) is 24.5 Å². The molecule has 3 aromatic carbocycles. The molecule has 0 amide bonds. The molecule has 0 spiro atoms. The first kappa shape index (κ1) is 14.1. The number of benzene rings is 3. The lowest BCUT2D eigenvalue weighted by atomic mass is 9.96. The Balaban J connectivity index is 1.80. The van der Waals surface area contributed by atoms with E-state index in [1.54, 1.807) is 13.1 Å². The molecule has 0 fully saturated rings. The van der Waals surface area contributed by atoms with Crippen LogP contribution >= 0.6 is 0 Å². The molecule has 5 rings (SSSR count). The maximum absolute atomic E-state index is 11.6. The molecule has 0 radical (unpaired) electrons. The second kappa shape index (κ2) is 5.11. The summed E-state index contributed by atoms with van der Waals surface area (Å²) in [6.07, 6.45) is 6.04. The summed E-state index contributed by atoms with van der Waals surface area (Å²) >= 11 is 0. The zero-order valence-corrected chi connectivity index (χ0v) is 13.6. The third kappa shape index (κ3) is 2.04. The van der Waals surface area contributed by atoms with Crippen LogP contribution in [-0.4, -0.2) is 12.2 Å². The lowest BCUT2D eigenvalue weighted by molar-refractivity contribution is -0.136. The summed E-state index contributed by atoms with van der Waals surface area (Å²) < 4.78 is 5.44. The summed E-state index contributed by atoms with van der Waals surface area (Å²) in [6.45, 7) is 1.79. The van der Waals surface area contributed by atoms with Gasteiger partial charge >= 0.3 is 5.97 Å². The smallest absolute Gasteiger partial charge is 0.310 e. The second-order valence-corrected chi connectivity index (χ2v) is 6.19. The van der Waals surface area contributed by atoms with Crippen LogP contribution in [0.3, 0.4) is 0 Å². The fourth-order valence-electron chi connectivity index (χ4n) is 3.49. The fraction of sp³-hybridized carbons (Fsp3) is 0.0952. The van der Waals surface area contributed by atoms with E-state index in [1.807, 2.05) is 18.2 Å². The van der Waals surface area contributed by atoms with Gasteiger partial charge in [-0.3, -0.25) is 4.79 Å². The third-order valence-corrected chi connectivity index (χ3v) is 4.75. The highest BCUT2D eigenvalue weighted by molar-refractivity contribution is 6.11. The standard InChI is InChI=1S/C21H14N2O2/c1-2-21(24)25-20-8-7-15-14-4-3-12-10-19-13(11-22-23-19)9-18(12)16(14)5-6-17(15)20/h3-11H,2H2,1H3. The maximum atomic E-state index is 11.6. The average molecular weight is 326 g/mol. The summed E-state index contributed by atoms with van der Waals surface area (Å²) in [6, 6.07) is 12.6. The van der Waals surface area contributed by atoms with Crippen LogP contribution in [0, 0.1) is 0 Å². The Morgan fingerprint density at radius 1 is 1.04 bits per heavy atom. The minimum Gasteiger partial charge on any atom is -0.426 e. The molecule has 0 unspecified atom stereocenters. The van der Waals surface area contributed by atoms with Crippen molar-refractivity contribution in [3.8, 4) is 0 Å². The van der Waals surface area contributed by atoms with Crippen molar-refractivity contribution in [2.24, 2.45) is 10.2 Å². The van der Waals surface area contributed by atoms with Crippen molar-refractivity contribution in [2.75, 3.05) is 0 Å². The fourth-order valence-corrected chi connectivity index (χ4v) is 3.49. The molecule has 3 aromatic rings. The van der Waals surface area contributed by atoms with Gasteiger partial charge in [0.2, 0.25) is 0 Å². The van der Waals surface area contributed by atoms with Crippen molar-refractivity contribution in [2.45, 2.75) is 13.3 Å². The molecule has 0 bridgehead atoms. The molecule has 120 valence electrons. The van der Waals surface area contributed by atoms with E-state index in [9.17, 15) is 4.79 Å². The molecular weight excluding hydrogens is 312 g/mol. The molecule has 1 aliphatic carbocycles. The number of hydrogen-bond acceptors (Lipinski definition) is 4. The largest absolute Gasteiger partial charge is 0.426 e. The minimum atomic E-state index is -0.218. The quantitative estimate of drug-likeness (QED) is 0.537. The molecule has 0 aromatic heterocycles. The molecule has 25 heavy (non-hydrogen) atoms. The van der Waals surface area contributed by atoms with E-state index in [0.29, 0.717) is 12.2 Å². The first-order valence-electron chi connectivity index (χ1n) is 8.28. The summed E-state index contributed by atoms with van der Waals surface area (Å²) in [4.78, 5) is 11.6. The van der Waals surface area contributed by atoms with Gasteiger partial charge < -0.3 is 4.74 Å². The van der Waals surface area contributed by atoms with Crippen LogP contribution in [0.2, 0.25) is 0 Å². The highest BCUT2D eigenvalue weighted by Gasteiger charge is 2.14. The monoisotopic (exact) mass is 326 g/mol. The number of carbonyl (C=O) groups is 1. The maximum Gasteiger partial charge on any atom is 0.310 e. The number of esters is 1. The number of rotatable bonds is 2. The van der Waals surface area contributed by atoms with Crippen molar-refractivity contribution in [3.63, 3.8) is 0 Å². The minimum absolute atomic E-state index is 0.218. The highest BCUT2D eigenvalue weighted by atomic mass is 16.5. The molecule has 1 heterocycles. The molecule has 2 aliphatic rings. The predicted molar refractivity (Wildman–Crippen MR) is 98.7 cm³/mol. The lowest BCUT2D eigenvalue weighted by Crippen LogP contribution is -2.11. The van der Waals surface area contributed by atoms with E-state index in [4.69, 9.17) is 4.74 Å². The van der Waals surface area contributed by atoms with E-state index < -0.39 is 0 Å². The number of fused-ring (bicyclic) bond motifs is 6. The lowest BCUT2D eigenvalue weighted by Gasteiger charge is -2.07. The van der Waals surface area contributed by atoms with Crippen molar-refractivity contribution in [1.29, 1.82) is 0 Å². The summed E-state index contributed by atoms with van der Waals surface area (Å²) in [7, 11) is 0. The van der Waals surface area contributed by atoms with Crippen molar-refractivity contribution < 1.29 is 9.53 Å². The van der Waals surface area contributed by atoms with Crippen molar-refractivity contribution in [1.82, 2.24) is 0 Å². The van der Waals surface area contributed by atoms with Crippen LogP contribution in [0.15, 0.2) is 52.7 Å². The Bertz CT molecular complexity index is 1270. The molecule has 4 heteroatoms. The molecule has 0 N–H and O–H groups in total. The van der Waals surface area contributed by atoms with Crippen LogP contribution < -0.4 is 10.6 Å².